The van der Waals surface area contributed by atoms with Crippen molar-refractivity contribution in [3.8, 4) is 0 Å². The number of cyclic esters (lactones) is 1. The summed E-state index contributed by atoms with van der Waals surface area (Å²) in [5.41, 5.74) is 0.997. The summed E-state index contributed by atoms with van der Waals surface area (Å²) in [6, 6.07) is 0. The number of fused-ring (bicyclic) bond motifs is 3. The van der Waals surface area contributed by atoms with E-state index in [-0.39, 0.29) is 22.7 Å². The van der Waals surface area contributed by atoms with Crippen LogP contribution in [0.1, 0.15) is 46.5 Å². The highest BCUT2D eigenvalue weighted by atomic mass is 16.6. The van der Waals surface area contributed by atoms with Crippen molar-refractivity contribution in [3.63, 3.8) is 0 Å². The molecule has 1 saturated heterocycles. The van der Waals surface area contributed by atoms with Crippen LogP contribution >= 0.6 is 0 Å². The largest absolute Gasteiger partial charge is 0.432 e. The molecule has 1 heterocycles. The standard InChI is InChI=1S/C15H22O3/c1-14(2)7-4-8-15(3)10(14)6-5-9-11(15)13(17)18-12(9)16/h5,10-11,13,17H,4,6-8H2,1-3H3/t10-,11+,13?,15-/m0/s1. The molecule has 1 aliphatic heterocycles. The summed E-state index contributed by atoms with van der Waals surface area (Å²) in [5, 5.41) is 10.1. The minimum atomic E-state index is -0.939. The van der Waals surface area contributed by atoms with Gasteiger partial charge in [-0.15, -0.1) is 0 Å². The second-order valence-corrected chi connectivity index (χ2v) is 7.07. The maximum absolute atomic E-state index is 11.7. The van der Waals surface area contributed by atoms with Crippen LogP contribution in [0.15, 0.2) is 11.6 Å². The zero-order chi connectivity index (χ0) is 13.1. The number of allylic oxidation sites excluding steroid dienone is 1. The van der Waals surface area contributed by atoms with Crippen molar-refractivity contribution >= 4 is 5.97 Å². The Kier molecular flexibility index (Phi) is 2.44. The van der Waals surface area contributed by atoms with Gasteiger partial charge in [-0.2, -0.15) is 0 Å². The number of hydrogen-bond acceptors (Lipinski definition) is 3. The molecule has 3 heteroatoms. The maximum Gasteiger partial charge on any atom is 0.336 e. The fourth-order valence-electron chi connectivity index (χ4n) is 4.79. The normalized spacial score (nSPS) is 45.9. The van der Waals surface area contributed by atoms with E-state index in [2.05, 4.69) is 20.8 Å². The summed E-state index contributed by atoms with van der Waals surface area (Å²) in [6.45, 7) is 6.87. The van der Waals surface area contributed by atoms with Gasteiger partial charge in [0.15, 0.2) is 0 Å². The van der Waals surface area contributed by atoms with Crippen LogP contribution in [-0.2, 0) is 9.53 Å². The Balaban J connectivity index is 2.06. The molecule has 18 heavy (non-hydrogen) atoms. The Hall–Kier alpha value is -0.830. The van der Waals surface area contributed by atoms with Crippen molar-refractivity contribution < 1.29 is 14.6 Å². The average Bonchev–Trinajstić information content (AvgIpc) is 2.54. The molecule has 0 bridgehead atoms. The number of carbonyl (C=O) groups excluding carboxylic acids is 1. The number of rotatable bonds is 0. The third-order valence-electron chi connectivity index (χ3n) is 5.64. The minimum Gasteiger partial charge on any atom is -0.432 e. The van der Waals surface area contributed by atoms with Crippen LogP contribution in [0, 0.1) is 22.7 Å². The first-order valence-corrected chi connectivity index (χ1v) is 6.95. The van der Waals surface area contributed by atoms with Gasteiger partial charge in [0.1, 0.15) is 0 Å². The number of esters is 1. The summed E-state index contributed by atoms with van der Waals surface area (Å²) < 4.78 is 5.04. The Morgan fingerprint density at radius 3 is 2.78 bits per heavy atom. The molecule has 0 spiro atoms. The van der Waals surface area contributed by atoms with Gasteiger partial charge >= 0.3 is 5.97 Å². The van der Waals surface area contributed by atoms with Gasteiger partial charge < -0.3 is 9.84 Å². The Labute approximate surface area is 108 Å². The van der Waals surface area contributed by atoms with E-state index in [1.807, 2.05) is 6.08 Å². The lowest BCUT2D eigenvalue weighted by atomic mass is 9.49. The topological polar surface area (TPSA) is 46.5 Å². The Morgan fingerprint density at radius 2 is 2.06 bits per heavy atom. The van der Waals surface area contributed by atoms with Crippen LogP contribution in [0.5, 0.6) is 0 Å². The lowest BCUT2D eigenvalue weighted by Crippen LogP contribution is -2.50. The third kappa shape index (κ3) is 1.43. The zero-order valence-corrected chi connectivity index (χ0v) is 11.4. The Morgan fingerprint density at radius 1 is 1.33 bits per heavy atom. The molecule has 3 nitrogen and oxygen atoms in total. The van der Waals surface area contributed by atoms with E-state index in [1.54, 1.807) is 0 Å². The van der Waals surface area contributed by atoms with E-state index in [1.165, 1.54) is 12.8 Å². The number of carbonyl (C=O) groups is 1. The highest BCUT2D eigenvalue weighted by Gasteiger charge is 2.59. The number of hydrogen-bond donors (Lipinski definition) is 1. The van der Waals surface area contributed by atoms with Crippen LogP contribution in [0.25, 0.3) is 0 Å². The molecule has 1 unspecified atom stereocenters. The average molecular weight is 250 g/mol. The second kappa shape index (κ2) is 3.60. The number of ether oxygens (including phenoxy) is 1. The molecule has 0 radical (unpaired) electrons. The van der Waals surface area contributed by atoms with Crippen molar-refractivity contribution in [3.05, 3.63) is 11.6 Å². The monoisotopic (exact) mass is 250 g/mol. The lowest BCUT2D eigenvalue weighted by Gasteiger charge is -2.55. The van der Waals surface area contributed by atoms with Gasteiger partial charge in [0, 0.05) is 5.57 Å². The quantitative estimate of drug-likeness (QED) is 0.672. The highest BCUT2D eigenvalue weighted by molar-refractivity contribution is 5.91. The van der Waals surface area contributed by atoms with E-state index in [0.717, 1.165) is 18.4 Å². The summed E-state index contributed by atoms with van der Waals surface area (Å²) >= 11 is 0. The fraction of sp³-hybridized carbons (Fsp3) is 0.800. The van der Waals surface area contributed by atoms with Crippen molar-refractivity contribution in [2.75, 3.05) is 0 Å². The van der Waals surface area contributed by atoms with Crippen molar-refractivity contribution in [1.82, 2.24) is 0 Å². The zero-order valence-electron chi connectivity index (χ0n) is 11.4. The number of aliphatic hydroxyl groups is 1. The van der Waals surface area contributed by atoms with Gasteiger partial charge in [0.25, 0.3) is 0 Å². The molecular formula is C15H22O3. The van der Waals surface area contributed by atoms with Gasteiger partial charge in [0.2, 0.25) is 6.29 Å². The SMILES string of the molecule is CC1(C)CCC[C@]2(C)[C@@H]3C(=CC[C@@H]12)C(=O)OC3O. The second-order valence-electron chi connectivity index (χ2n) is 7.07. The summed E-state index contributed by atoms with van der Waals surface area (Å²) in [6.07, 6.45) is 5.50. The molecule has 1 N–H and O–H groups in total. The van der Waals surface area contributed by atoms with E-state index in [9.17, 15) is 9.90 Å². The molecule has 0 aromatic heterocycles. The molecule has 2 fully saturated rings. The number of aliphatic hydroxyl groups excluding tert-OH is 1. The minimum absolute atomic E-state index is 0.00257. The van der Waals surface area contributed by atoms with Gasteiger partial charge in [-0.3, -0.25) is 0 Å². The fourth-order valence-corrected chi connectivity index (χ4v) is 4.79. The van der Waals surface area contributed by atoms with Crippen molar-refractivity contribution in [1.29, 1.82) is 0 Å². The van der Waals surface area contributed by atoms with Crippen LogP contribution in [0.3, 0.4) is 0 Å². The lowest BCUT2D eigenvalue weighted by molar-refractivity contribution is -0.165. The van der Waals surface area contributed by atoms with E-state index in [0.29, 0.717) is 5.92 Å². The first-order chi connectivity index (χ1) is 8.36. The maximum atomic E-state index is 11.7. The molecule has 0 amide bonds. The molecule has 2 aliphatic carbocycles. The van der Waals surface area contributed by atoms with Crippen LogP contribution in [-0.4, -0.2) is 17.4 Å². The van der Waals surface area contributed by atoms with Gasteiger partial charge in [-0.05, 0) is 36.0 Å². The summed E-state index contributed by atoms with van der Waals surface area (Å²) in [7, 11) is 0. The molecule has 4 atom stereocenters. The van der Waals surface area contributed by atoms with Crippen LogP contribution in [0.4, 0.5) is 0 Å². The van der Waals surface area contributed by atoms with Gasteiger partial charge in [0.05, 0.1) is 5.92 Å². The molecule has 1 saturated carbocycles. The molecule has 3 rings (SSSR count). The molecule has 100 valence electrons. The predicted octanol–water partition coefficient (Wildman–Crippen LogP) is 2.64. The van der Waals surface area contributed by atoms with E-state index in [4.69, 9.17) is 4.74 Å². The molecule has 0 aromatic rings. The van der Waals surface area contributed by atoms with E-state index < -0.39 is 6.29 Å². The van der Waals surface area contributed by atoms with Gasteiger partial charge in [-0.25, -0.2) is 4.79 Å². The highest BCUT2D eigenvalue weighted by Crippen LogP contribution is 2.61. The first-order valence-electron chi connectivity index (χ1n) is 6.95. The van der Waals surface area contributed by atoms with E-state index >= 15 is 0 Å². The summed E-state index contributed by atoms with van der Waals surface area (Å²) in [4.78, 5) is 11.7. The first kappa shape index (κ1) is 12.2. The summed E-state index contributed by atoms with van der Waals surface area (Å²) in [5.74, 6) is 0.0931. The predicted molar refractivity (Wildman–Crippen MR) is 67.5 cm³/mol. The molecule has 0 aromatic carbocycles. The smallest absolute Gasteiger partial charge is 0.336 e. The van der Waals surface area contributed by atoms with Crippen molar-refractivity contribution in [2.45, 2.75) is 52.7 Å². The van der Waals surface area contributed by atoms with Crippen LogP contribution < -0.4 is 0 Å². The van der Waals surface area contributed by atoms with Crippen LogP contribution in [0.2, 0.25) is 0 Å². The van der Waals surface area contributed by atoms with Gasteiger partial charge in [-0.1, -0.05) is 33.3 Å². The Bertz CT molecular complexity index is 423. The molecule has 3 aliphatic rings. The van der Waals surface area contributed by atoms with Crippen molar-refractivity contribution in [2.24, 2.45) is 22.7 Å². The molecular weight excluding hydrogens is 228 g/mol. The third-order valence-corrected chi connectivity index (χ3v) is 5.64.